The highest BCUT2D eigenvalue weighted by molar-refractivity contribution is 5.98. The van der Waals surface area contributed by atoms with Gasteiger partial charge in [-0.05, 0) is 45.2 Å². The first-order chi connectivity index (χ1) is 15.6. The average Bonchev–Trinajstić information content (AvgIpc) is 3.28. The van der Waals surface area contributed by atoms with Crippen LogP contribution in [-0.2, 0) is 6.42 Å². The monoisotopic (exact) mass is 433 g/mol. The molecular formula is C23H27N7O2. The molecule has 9 nitrogen and oxygen atoms in total. The molecule has 0 bridgehead atoms. The summed E-state index contributed by atoms with van der Waals surface area (Å²) in [6, 6.07) is 5.87. The molecule has 9 heteroatoms. The number of anilines is 1. The van der Waals surface area contributed by atoms with Gasteiger partial charge >= 0.3 is 0 Å². The van der Waals surface area contributed by atoms with Crippen LogP contribution in [0.1, 0.15) is 41.3 Å². The van der Waals surface area contributed by atoms with E-state index in [9.17, 15) is 4.79 Å². The lowest BCUT2D eigenvalue weighted by Crippen LogP contribution is -2.40. The van der Waals surface area contributed by atoms with Gasteiger partial charge in [0.15, 0.2) is 0 Å². The Morgan fingerprint density at radius 2 is 2.00 bits per heavy atom. The summed E-state index contributed by atoms with van der Waals surface area (Å²) in [7, 11) is 0. The van der Waals surface area contributed by atoms with Gasteiger partial charge in [0.1, 0.15) is 0 Å². The van der Waals surface area contributed by atoms with Gasteiger partial charge in [-0.15, -0.1) is 0 Å². The van der Waals surface area contributed by atoms with E-state index in [-0.39, 0.29) is 11.9 Å². The molecule has 1 atom stereocenters. The largest absolute Gasteiger partial charge is 0.477 e. The standard InChI is InChI=1S/C23H27N7O2/c1-16-5-6-20(30-25-8-9-26-30)19(14-16)22(31)29-12-11-28(10-7-17(29)2)23-24-15-18-4-3-13-32-21(18)27-23/h5-6,8-9,14-15,17H,3-4,7,10-13H2,1-2H3/t17-/m0/s1. The van der Waals surface area contributed by atoms with Gasteiger partial charge in [0, 0.05) is 37.4 Å². The minimum Gasteiger partial charge on any atom is -0.477 e. The molecule has 5 rings (SSSR count). The van der Waals surface area contributed by atoms with E-state index in [2.05, 4.69) is 32.0 Å². The maximum Gasteiger partial charge on any atom is 0.256 e. The molecule has 0 N–H and O–H groups in total. The zero-order valence-corrected chi connectivity index (χ0v) is 18.4. The Morgan fingerprint density at radius 1 is 1.16 bits per heavy atom. The van der Waals surface area contributed by atoms with Crippen LogP contribution in [0.15, 0.2) is 36.8 Å². The van der Waals surface area contributed by atoms with Crippen LogP contribution in [0, 0.1) is 6.92 Å². The van der Waals surface area contributed by atoms with Crippen molar-refractivity contribution < 1.29 is 9.53 Å². The van der Waals surface area contributed by atoms with Gasteiger partial charge in [-0.1, -0.05) is 11.6 Å². The van der Waals surface area contributed by atoms with Crippen LogP contribution < -0.4 is 9.64 Å². The summed E-state index contributed by atoms with van der Waals surface area (Å²) < 4.78 is 5.73. The first kappa shape index (κ1) is 20.4. The Bertz CT molecular complexity index is 1120. The number of benzene rings is 1. The number of aromatic nitrogens is 5. The van der Waals surface area contributed by atoms with Crippen LogP contribution in [0.25, 0.3) is 5.69 Å². The molecule has 0 spiro atoms. The molecule has 2 aromatic heterocycles. The molecule has 1 amide bonds. The molecule has 3 aromatic rings. The van der Waals surface area contributed by atoms with Gasteiger partial charge in [-0.25, -0.2) is 4.98 Å². The molecule has 32 heavy (non-hydrogen) atoms. The lowest BCUT2D eigenvalue weighted by molar-refractivity contribution is 0.0704. The predicted molar refractivity (Wildman–Crippen MR) is 119 cm³/mol. The van der Waals surface area contributed by atoms with E-state index in [1.165, 1.54) is 4.80 Å². The Morgan fingerprint density at radius 3 is 2.84 bits per heavy atom. The average molecular weight is 434 g/mol. The van der Waals surface area contributed by atoms with E-state index in [1.54, 1.807) is 12.4 Å². The van der Waals surface area contributed by atoms with E-state index in [4.69, 9.17) is 4.74 Å². The number of amides is 1. The fraction of sp³-hybridized carbons (Fsp3) is 0.435. The Labute approximate surface area is 187 Å². The lowest BCUT2D eigenvalue weighted by Gasteiger charge is -2.27. The summed E-state index contributed by atoms with van der Waals surface area (Å²) in [4.78, 5) is 28.5. The maximum absolute atomic E-state index is 13.7. The number of rotatable bonds is 3. The number of aryl methyl sites for hydroxylation is 2. The van der Waals surface area contributed by atoms with Gasteiger partial charge in [-0.2, -0.15) is 20.0 Å². The van der Waals surface area contributed by atoms with E-state index in [1.807, 2.05) is 36.2 Å². The second-order valence-electron chi connectivity index (χ2n) is 8.41. The minimum absolute atomic E-state index is 0.00922. The molecule has 0 aliphatic carbocycles. The topological polar surface area (TPSA) is 89.3 Å². The number of ether oxygens (including phenoxy) is 1. The maximum atomic E-state index is 13.7. The van der Waals surface area contributed by atoms with Crippen LogP contribution in [0.4, 0.5) is 5.95 Å². The molecule has 4 heterocycles. The third-order valence-corrected chi connectivity index (χ3v) is 6.16. The Balaban J connectivity index is 1.38. The van der Waals surface area contributed by atoms with Gasteiger partial charge in [0.25, 0.3) is 5.91 Å². The molecule has 0 unspecified atom stereocenters. The number of nitrogens with zero attached hydrogens (tertiary/aromatic N) is 7. The summed E-state index contributed by atoms with van der Waals surface area (Å²) >= 11 is 0. The molecule has 1 fully saturated rings. The molecule has 2 aliphatic heterocycles. The van der Waals surface area contributed by atoms with Crippen LogP contribution >= 0.6 is 0 Å². The second-order valence-corrected chi connectivity index (χ2v) is 8.41. The number of carbonyl (C=O) groups excluding carboxylic acids is 1. The summed E-state index contributed by atoms with van der Waals surface area (Å²) in [5.41, 5.74) is 3.39. The third kappa shape index (κ3) is 3.90. The third-order valence-electron chi connectivity index (χ3n) is 6.16. The molecular weight excluding hydrogens is 406 g/mol. The number of fused-ring (bicyclic) bond motifs is 1. The van der Waals surface area contributed by atoms with Crippen molar-refractivity contribution in [2.24, 2.45) is 0 Å². The van der Waals surface area contributed by atoms with Crippen molar-refractivity contribution in [3.63, 3.8) is 0 Å². The van der Waals surface area contributed by atoms with Gasteiger partial charge in [0.05, 0.1) is 30.3 Å². The smallest absolute Gasteiger partial charge is 0.256 e. The van der Waals surface area contributed by atoms with Crippen molar-refractivity contribution in [1.29, 1.82) is 0 Å². The van der Waals surface area contributed by atoms with Crippen LogP contribution in [0.3, 0.4) is 0 Å². The highest BCUT2D eigenvalue weighted by Gasteiger charge is 2.29. The predicted octanol–water partition coefficient (Wildman–Crippen LogP) is 2.43. The lowest BCUT2D eigenvalue weighted by atomic mass is 10.1. The van der Waals surface area contributed by atoms with Crippen LogP contribution in [-0.4, -0.2) is 68.1 Å². The highest BCUT2D eigenvalue weighted by Crippen LogP contribution is 2.26. The van der Waals surface area contributed by atoms with E-state index in [0.717, 1.165) is 36.9 Å². The van der Waals surface area contributed by atoms with Crippen molar-refractivity contribution in [3.05, 3.63) is 53.5 Å². The highest BCUT2D eigenvalue weighted by atomic mass is 16.5. The van der Waals surface area contributed by atoms with Crippen molar-refractivity contribution in [1.82, 2.24) is 29.9 Å². The zero-order valence-electron chi connectivity index (χ0n) is 18.4. The molecule has 1 aromatic carbocycles. The molecule has 2 aliphatic rings. The summed E-state index contributed by atoms with van der Waals surface area (Å²) in [5.74, 6) is 1.36. The molecule has 0 radical (unpaired) electrons. The zero-order chi connectivity index (χ0) is 22.1. The fourth-order valence-electron chi connectivity index (χ4n) is 4.31. The molecule has 0 saturated carbocycles. The van der Waals surface area contributed by atoms with Crippen LogP contribution in [0.5, 0.6) is 5.88 Å². The Kier molecular flexibility index (Phi) is 5.46. The normalized spacial score (nSPS) is 18.6. The van der Waals surface area contributed by atoms with Crippen LogP contribution in [0.2, 0.25) is 0 Å². The minimum atomic E-state index is -0.00922. The molecule has 166 valence electrons. The van der Waals surface area contributed by atoms with Crippen molar-refractivity contribution >= 4 is 11.9 Å². The Hall–Kier alpha value is -3.49. The summed E-state index contributed by atoms with van der Waals surface area (Å²) in [5, 5.41) is 8.45. The van der Waals surface area contributed by atoms with Gasteiger partial charge in [0.2, 0.25) is 11.8 Å². The molecule has 1 saturated heterocycles. The van der Waals surface area contributed by atoms with E-state index >= 15 is 0 Å². The second kappa shape index (κ2) is 8.57. The summed E-state index contributed by atoms with van der Waals surface area (Å²) in [6.45, 7) is 6.81. The van der Waals surface area contributed by atoms with Crippen molar-refractivity contribution in [3.8, 4) is 11.6 Å². The van der Waals surface area contributed by atoms with E-state index < -0.39 is 0 Å². The van der Waals surface area contributed by atoms with Gasteiger partial charge in [-0.3, -0.25) is 4.79 Å². The number of carbonyl (C=O) groups is 1. The fourth-order valence-corrected chi connectivity index (χ4v) is 4.31. The summed E-state index contributed by atoms with van der Waals surface area (Å²) in [6.07, 6.45) is 7.89. The first-order valence-corrected chi connectivity index (χ1v) is 11.1. The SMILES string of the molecule is Cc1ccc(-n2nccn2)c(C(=O)N2CCN(c3ncc4c(n3)OCCC4)CC[C@@H]2C)c1. The quantitative estimate of drug-likeness (QED) is 0.627. The number of hydrogen-bond donors (Lipinski definition) is 0. The van der Waals surface area contributed by atoms with Crippen molar-refractivity contribution in [2.45, 2.75) is 39.2 Å². The number of hydrogen-bond acceptors (Lipinski definition) is 7. The first-order valence-electron chi connectivity index (χ1n) is 11.1. The van der Waals surface area contributed by atoms with E-state index in [0.29, 0.717) is 42.8 Å². The van der Waals surface area contributed by atoms with Gasteiger partial charge < -0.3 is 14.5 Å². The van der Waals surface area contributed by atoms with Crippen molar-refractivity contribution in [2.75, 3.05) is 31.1 Å².